The topological polar surface area (TPSA) is 16.1 Å². The number of hydrogen-bond acceptors (Lipinski definition) is 3. The minimum absolute atomic E-state index is 0.216. The Morgan fingerprint density at radius 3 is 2.67 bits per heavy atom. The molecule has 3 heteroatoms. The van der Waals surface area contributed by atoms with Gasteiger partial charge in [0.2, 0.25) is 0 Å². The van der Waals surface area contributed by atoms with Crippen molar-refractivity contribution in [2.45, 2.75) is 43.8 Å². The van der Waals surface area contributed by atoms with E-state index in [-0.39, 0.29) is 4.75 Å². The molecule has 110 valence electrons. The Morgan fingerprint density at radius 1 is 1.19 bits per heavy atom. The number of para-hydroxylation sites is 1. The summed E-state index contributed by atoms with van der Waals surface area (Å²) in [5, 5.41) is 0. The monoisotopic (exact) mass is 298 g/mol. The maximum atomic E-state index is 4.71. The van der Waals surface area contributed by atoms with E-state index in [0.717, 1.165) is 18.8 Å². The molecule has 2 aromatic rings. The molecule has 0 fully saturated rings. The number of hydrogen-bond donors (Lipinski definition) is 0. The van der Waals surface area contributed by atoms with E-state index in [1.54, 1.807) is 0 Å². The van der Waals surface area contributed by atoms with E-state index in [4.69, 9.17) is 4.98 Å². The van der Waals surface area contributed by atoms with Crippen LogP contribution in [0.25, 0.3) is 0 Å². The zero-order valence-corrected chi connectivity index (χ0v) is 14.0. The average molecular weight is 298 g/mol. The number of thioether (sulfide) groups is 1. The van der Waals surface area contributed by atoms with Gasteiger partial charge in [-0.25, -0.2) is 4.98 Å². The summed E-state index contributed by atoms with van der Waals surface area (Å²) in [6.45, 7) is 9.92. The molecule has 0 aliphatic carbocycles. The Bertz CT molecular complexity index is 659. The molecule has 0 N–H and O–H groups in total. The normalized spacial score (nSPS) is 14.4. The summed E-state index contributed by atoms with van der Waals surface area (Å²) >= 11 is 1.88. The summed E-state index contributed by atoms with van der Waals surface area (Å²) < 4.78 is 0.216. The van der Waals surface area contributed by atoms with Gasteiger partial charge in [0.25, 0.3) is 0 Å². The molecule has 2 nitrogen and oxygen atoms in total. The molecule has 0 amide bonds. The van der Waals surface area contributed by atoms with Gasteiger partial charge in [0.15, 0.2) is 0 Å². The van der Waals surface area contributed by atoms with Gasteiger partial charge in [-0.05, 0) is 36.6 Å². The summed E-state index contributed by atoms with van der Waals surface area (Å²) in [6.07, 6.45) is 3.14. The third-order valence-corrected chi connectivity index (χ3v) is 4.89. The first kappa shape index (κ1) is 14.5. The number of aromatic nitrogens is 1. The molecular formula is C18H22N2S. The standard InChI is InChI=1S/C18H22N2S/c1-13-11-17(19-12-16(13)21-18(2,3)4)20-10-9-14-7-5-6-8-15(14)20/h5-8,11-12H,9-10H2,1-4H3. The lowest BCUT2D eigenvalue weighted by Crippen LogP contribution is -2.15. The lowest BCUT2D eigenvalue weighted by Gasteiger charge is -2.22. The summed E-state index contributed by atoms with van der Waals surface area (Å²) in [6, 6.07) is 10.8. The number of nitrogens with zero attached hydrogens (tertiary/aromatic N) is 2. The highest BCUT2D eigenvalue weighted by atomic mass is 32.2. The van der Waals surface area contributed by atoms with Crippen LogP contribution in [0.1, 0.15) is 31.9 Å². The van der Waals surface area contributed by atoms with E-state index < -0.39 is 0 Å². The minimum Gasteiger partial charge on any atom is -0.326 e. The van der Waals surface area contributed by atoms with E-state index in [2.05, 4.69) is 62.9 Å². The van der Waals surface area contributed by atoms with Crippen LogP contribution in [0, 0.1) is 6.92 Å². The summed E-state index contributed by atoms with van der Waals surface area (Å²) in [5.74, 6) is 1.07. The maximum Gasteiger partial charge on any atom is 0.133 e. The molecule has 1 aliphatic rings. The molecule has 1 aromatic carbocycles. The van der Waals surface area contributed by atoms with Crippen LogP contribution in [0.4, 0.5) is 11.5 Å². The Balaban J connectivity index is 1.90. The number of anilines is 2. The fourth-order valence-corrected chi connectivity index (χ4v) is 3.67. The van der Waals surface area contributed by atoms with Gasteiger partial charge in [-0.3, -0.25) is 0 Å². The first-order chi connectivity index (χ1) is 9.94. The molecule has 0 spiro atoms. The quantitative estimate of drug-likeness (QED) is 0.728. The number of aryl methyl sites for hydroxylation is 1. The van der Waals surface area contributed by atoms with Crippen LogP contribution in [0.3, 0.4) is 0 Å². The van der Waals surface area contributed by atoms with Crippen molar-refractivity contribution >= 4 is 23.3 Å². The SMILES string of the molecule is Cc1cc(N2CCc3ccccc32)ncc1SC(C)(C)C. The van der Waals surface area contributed by atoms with E-state index in [0.29, 0.717) is 0 Å². The molecule has 1 aromatic heterocycles. The van der Waals surface area contributed by atoms with E-state index in [9.17, 15) is 0 Å². The molecular weight excluding hydrogens is 276 g/mol. The van der Waals surface area contributed by atoms with Gasteiger partial charge in [-0.2, -0.15) is 0 Å². The predicted molar refractivity (Wildman–Crippen MR) is 91.7 cm³/mol. The Labute approximate surface area is 131 Å². The molecule has 1 aliphatic heterocycles. The van der Waals surface area contributed by atoms with Crippen LogP contribution in [0.5, 0.6) is 0 Å². The van der Waals surface area contributed by atoms with Crippen molar-refractivity contribution in [3.8, 4) is 0 Å². The molecule has 0 radical (unpaired) electrons. The molecule has 0 atom stereocenters. The summed E-state index contributed by atoms with van der Waals surface area (Å²) in [4.78, 5) is 8.31. The van der Waals surface area contributed by atoms with Gasteiger partial charge in [0.1, 0.15) is 5.82 Å². The fourth-order valence-electron chi connectivity index (χ4n) is 2.69. The number of benzene rings is 1. The largest absolute Gasteiger partial charge is 0.326 e. The highest BCUT2D eigenvalue weighted by molar-refractivity contribution is 8.00. The van der Waals surface area contributed by atoms with Crippen molar-refractivity contribution in [1.29, 1.82) is 0 Å². The first-order valence-electron chi connectivity index (χ1n) is 7.45. The number of fused-ring (bicyclic) bond motifs is 1. The van der Waals surface area contributed by atoms with Gasteiger partial charge in [0.05, 0.1) is 0 Å². The maximum absolute atomic E-state index is 4.71. The number of rotatable bonds is 2. The van der Waals surface area contributed by atoms with Crippen LogP contribution in [-0.2, 0) is 6.42 Å². The van der Waals surface area contributed by atoms with Crippen LogP contribution >= 0.6 is 11.8 Å². The van der Waals surface area contributed by atoms with Crippen molar-refractivity contribution in [3.05, 3.63) is 47.7 Å². The third-order valence-electron chi connectivity index (χ3n) is 3.63. The lowest BCUT2D eigenvalue weighted by atomic mass is 10.2. The molecule has 0 unspecified atom stereocenters. The molecule has 0 saturated carbocycles. The molecule has 21 heavy (non-hydrogen) atoms. The van der Waals surface area contributed by atoms with Crippen molar-refractivity contribution in [2.75, 3.05) is 11.4 Å². The Kier molecular flexibility index (Phi) is 3.70. The summed E-state index contributed by atoms with van der Waals surface area (Å²) in [5.41, 5.74) is 4.04. The molecule has 2 heterocycles. The molecule has 3 rings (SSSR count). The second-order valence-electron chi connectivity index (χ2n) is 6.55. The fraction of sp³-hybridized carbons (Fsp3) is 0.389. The van der Waals surface area contributed by atoms with Gasteiger partial charge < -0.3 is 4.90 Å². The van der Waals surface area contributed by atoms with Gasteiger partial charge in [-0.1, -0.05) is 39.0 Å². The van der Waals surface area contributed by atoms with Crippen LogP contribution in [-0.4, -0.2) is 16.3 Å². The lowest BCUT2D eigenvalue weighted by molar-refractivity contribution is 0.801. The van der Waals surface area contributed by atoms with Crippen molar-refractivity contribution in [2.24, 2.45) is 0 Å². The molecule has 0 saturated heterocycles. The van der Waals surface area contributed by atoms with Gasteiger partial charge >= 0.3 is 0 Å². The minimum atomic E-state index is 0.216. The van der Waals surface area contributed by atoms with Gasteiger partial charge in [-0.15, -0.1) is 11.8 Å². The summed E-state index contributed by atoms with van der Waals surface area (Å²) in [7, 11) is 0. The average Bonchev–Trinajstić information content (AvgIpc) is 2.83. The number of pyridine rings is 1. The Morgan fingerprint density at radius 2 is 1.95 bits per heavy atom. The zero-order chi connectivity index (χ0) is 15.0. The van der Waals surface area contributed by atoms with Gasteiger partial charge in [0, 0.05) is 28.1 Å². The first-order valence-corrected chi connectivity index (χ1v) is 8.27. The van der Waals surface area contributed by atoms with Crippen LogP contribution in [0.15, 0.2) is 41.4 Å². The second kappa shape index (κ2) is 5.38. The van der Waals surface area contributed by atoms with E-state index in [1.165, 1.54) is 21.7 Å². The van der Waals surface area contributed by atoms with Crippen LogP contribution in [0.2, 0.25) is 0 Å². The second-order valence-corrected chi connectivity index (χ2v) is 8.42. The highest BCUT2D eigenvalue weighted by Gasteiger charge is 2.21. The van der Waals surface area contributed by atoms with E-state index in [1.807, 2.05) is 18.0 Å². The van der Waals surface area contributed by atoms with Crippen LogP contribution < -0.4 is 4.90 Å². The van der Waals surface area contributed by atoms with Crippen molar-refractivity contribution < 1.29 is 0 Å². The van der Waals surface area contributed by atoms with E-state index >= 15 is 0 Å². The highest BCUT2D eigenvalue weighted by Crippen LogP contribution is 2.37. The van der Waals surface area contributed by atoms with Crippen molar-refractivity contribution in [3.63, 3.8) is 0 Å². The Hall–Kier alpha value is -1.48. The van der Waals surface area contributed by atoms with Crippen molar-refractivity contribution in [1.82, 2.24) is 4.98 Å². The molecule has 0 bridgehead atoms. The third kappa shape index (κ3) is 3.08. The smallest absolute Gasteiger partial charge is 0.133 e. The predicted octanol–water partition coefficient (Wildman–Crippen LogP) is 4.97. The zero-order valence-electron chi connectivity index (χ0n) is 13.2.